The van der Waals surface area contributed by atoms with Crippen LogP contribution < -0.4 is 5.32 Å². The number of nitro groups is 1. The van der Waals surface area contributed by atoms with Gasteiger partial charge in [-0.2, -0.15) is 5.26 Å². The fourth-order valence-corrected chi connectivity index (χ4v) is 2.62. The van der Waals surface area contributed by atoms with Gasteiger partial charge in [-0.1, -0.05) is 11.6 Å². The van der Waals surface area contributed by atoms with Gasteiger partial charge in [0.1, 0.15) is 11.6 Å². The Balaban J connectivity index is 2.35. The number of rotatable bonds is 3. The second kappa shape index (κ2) is 6.07. The Labute approximate surface area is 133 Å². The molecule has 0 radical (unpaired) electrons. The number of halogens is 2. The molecule has 1 N–H and O–H groups in total. The molecule has 0 unspecified atom stereocenters. The van der Waals surface area contributed by atoms with Crippen molar-refractivity contribution < 1.29 is 4.92 Å². The molecule has 2 aromatic rings. The lowest BCUT2D eigenvalue weighted by Gasteiger charge is -2.09. The maximum absolute atomic E-state index is 10.8. The lowest BCUT2D eigenvalue weighted by molar-refractivity contribution is -0.385. The average molecular weight is 400 g/mol. The van der Waals surface area contributed by atoms with Crippen molar-refractivity contribution in [3.8, 4) is 6.07 Å². The van der Waals surface area contributed by atoms with Crippen LogP contribution in [0.3, 0.4) is 0 Å². The molecular weight excluding hydrogens is 393 g/mol. The van der Waals surface area contributed by atoms with Crippen molar-refractivity contribution in [2.24, 2.45) is 0 Å². The molecule has 0 heterocycles. The van der Waals surface area contributed by atoms with E-state index in [-0.39, 0.29) is 11.3 Å². The number of anilines is 2. The molecule has 0 fully saturated rings. The van der Waals surface area contributed by atoms with Gasteiger partial charge in [0.25, 0.3) is 5.69 Å². The molecule has 0 bridgehead atoms. The third-order valence-electron chi connectivity index (χ3n) is 2.52. The van der Waals surface area contributed by atoms with Crippen molar-refractivity contribution in [1.29, 1.82) is 5.26 Å². The Morgan fingerprint density at radius 2 is 2.05 bits per heavy atom. The van der Waals surface area contributed by atoms with Crippen LogP contribution in [0, 0.1) is 25.0 Å². The Bertz CT molecular complexity index is 728. The normalized spacial score (nSPS) is 9.85. The van der Waals surface area contributed by atoms with E-state index in [2.05, 4.69) is 27.9 Å². The summed E-state index contributed by atoms with van der Waals surface area (Å²) in [4.78, 5) is 10.2. The summed E-state index contributed by atoms with van der Waals surface area (Å²) in [6.45, 7) is 0. The third kappa shape index (κ3) is 3.18. The summed E-state index contributed by atoms with van der Waals surface area (Å²) < 4.78 is 0.909. The van der Waals surface area contributed by atoms with Crippen LogP contribution >= 0.6 is 34.2 Å². The number of hydrogen-bond acceptors (Lipinski definition) is 4. The van der Waals surface area contributed by atoms with Crippen molar-refractivity contribution >= 4 is 51.3 Å². The van der Waals surface area contributed by atoms with E-state index >= 15 is 0 Å². The van der Waals surface area contributed by atoms with Crippen molar-refractivity contribution in [2.75, 3.05) is 5.32 Å². The number of benzene rings is 2. The van der Waals surface area contributed by atoms with Crippen LogP contribution in [0.5, 0.6) is 0 Å². The zero-order chi connectivity index (χ0) is 14.7. The third-order valence-corrected chi connectivity index (χ3v) is 3.65. The minimum absolute atomic E-state index is 0.0176. The van der Waals surface area contributed by atoms with Gasteiger partial charge in [-0.05, 0) is 52.9 Å². The molecule has 5 nitrogen and oxygen atoms in total. The van der Waals surface area contributed by atoms with Gasteiger partial charge in [-0.15, -0.1) is 0 Å². The van der Waals surface area contributed by atoms with Crippen LogP contribution in [0.4, 0.5) is 17.1 Å². The number of nitrogens with zero attached hydrogens (tertiary/aromatic N) is 2. The van der Waals surface area contributed by atoms with Crippen LogP contribution in [0.2, 0.25) is 5.02 Å². The molecule has 0 spiro atoms. The number of nitrogens with one attached hydrogen (secondary N) is 1. The minimum atomic E-state index is -0.575. The lowest BCUT2D eigenvalue weighted by atomic mass is 10.1. The summed E-state index contributed by atoms with van der Waals surface area (Å²) in [6, 6.07) is 11.5. The zero-order valence-electron chi connectivity index (χ0n) is 9.93. The van der Waals surface area contributed by atoms with Gasteiger partial charge < -0.3 is 5.32 Å². The zero-order valence-corrected chi connectivity index (χ0v) is 12.8. The van der Waals surface area contributed by atoms with Crippen LogP contribution in [-0.4, -0.2) is 4.92 Å². The van der Waals surface area contributed by atoms with E-state index in [0.717, 1.165) is 9.26 Å². The van der Waals surface area contributed by atoms with E-state index in [1.54, 1.807) is 24.3 Å². The van der Waals surface area contributed by atoms with E-state index < -0.39 is 4.92 Å². The summed E-state index contributed by atoms with van der Waals surface area (Å²) in [5.41, 5.74) is 1.23. The summed E-state index contributed by atoms with van der Waals surface area (Å²) in [6.07, 6.45) is 0. The first-order valence-electron chi connectivity index (χ1n) is 5.42. The Morgan fingerprint density at radius 1 is 1.30 bits per heavy atom. The topological polar surface area (TPSA) is 79.0 Å². The second-order valence-electron chi connectivity index (χ2n) is 3.85. The largest absolute Gasteiger partial charge is 0.355 e. The Kier molecular flexibility index (Phi) is 4.42. The maximum atomic E-state index is 10.8. The monoisotopic (exact) mass is 399 g/mol. The van der Waals surface area contributed by atoms with E-state index in [1.807, 2.05) is 6.07 Å². The molecule has 0 aromatic heterocycles. The smallest absolute Gasteiger partial charge is 0.287 e. The average Bonchev–Trinajstić information content (AvgIpc) is 2.41. The molecule has 100 valence electrons. The molecule has 0 saturated heterocycles. The van der Waals surface area contributed by atoms with Gasteiger partial charge in [0.05, 0.1) is 10.6 Å². The fourth-order valence-electron chi connectivity index (χ4n) is 1.61. The molecule has 20 heavy (non-hydrogen) atoms. The van der Waals surface area contributed by atoms with Crippen molar-refractivity contribution in [1.82, 2.24) is 0 Å². The van der Waals surface area contributed by atoms with Crippen molar-refractivity contribution in [3.63, 3.8) is 0 Å². The van der Waals surface area contributed by atoms with E-state index in [0.29, 0.717) is 10.7 Å². The van der Waals surface area contributed by atoms with Gasteiger partial charge >= 0.3 is 0 Å². The standard InChI is InChI=1S/C13H7ClIN3O2/c14-9-1-3-12(11(15)6-9)17-10-2-4-13(18(19)20)8(5-10)7-16/h1-6,17H. The predicted molar refractivity (Wildman–Crippen MR) is 85.3 cm³/mol. The Morgan fingerprint density at radius 3 is 2.65 bits per heavy atom. The first kappa shape index (κ1) is 14.6. The fraction of sp³-hybridized carbons (Fsp3) is 0. The highest BCUT2D eigenvalue weighted by molar-refractivity contribution is 14.1. The molecule has 0 aliphatic carbocycles. The first-order chi connectivity index (χ1) is 9.51. The van der Waals surface area contributed by atoms with Gasteiger partial charge in [0.2, 0.25) is 0 Å². The summed E-state index contributed by atoms with van der Waals surface area (Å²) in [5.74, 6) is 0. The summed E-state index contributed by atoms with van der Waals surface area (Å²) in [7, 11) is 0. The SMILES string of the molecule is N#Cc1cc(Nc2ccc(Cl)cc2I)ccc1[N+](=O)[O-]. The minimum Gasteiger partial charge on any atom is -0.355 e. The van der Waals surface area contributed by atoms with Crippen molar-refractivity contribution in [2.45, 2.75) is 0 Å². The molecule has 2 rings (SSSR count). The molecule has 0 atom stereocenters. The molecule has 0 amide bonds. The van der Waals surface area contributed by atoms with Gasteiger partial charge in [-0.3, -0.25) is 10.1 Å². The van der Waals surface area contributed by atoms with E-state index in [4.69, 9.17) is 16.9 Å². The lowest BCUT2D eigenvalue weighted by Crippen LogP contribution is -1.96. The number of nitriles is 1. The molecule has 0 saturated carbocycles. The summed E-state index contributed by atoms with van der Waals surface area (Å²) in [5, 5.41) is 23.4. The number of hydrogen-bond donors (Lipinski definition) is 1. The van der Waals surface area contributed by atoms with Gasteiger partial charge in [0.15, 0.2) is 0 Å². The Hall–Kier alpha value is -1.85. The van der Waals surface area contributed by atoms with E-state index in [1.165, 1.54) is 12.1 Å². The molecular formula is C13H7ClIN3O2. The van der Waals surface area contributed by atoms with Gasteiger partial charge in [0, 0.05) is 20.3 Å². The predicted octanol–water partition coefficient (Wildman–Crippen LogP) is 4.47. The highest BCUT2D eigenvalue weighted by Gasteiger charge is 2.14. The van der Waals surface area contributed by atoms with Crippen LogP contribution in [0.1, 0.15) is 5.56 Å². The van der Waals surface area contributed by atoms with Crippen LogP contribution in [0.25, 0.3) is 0 Å². The molecule has 0 aliphatic rings. The highest BCUT2D eigenvalue weighted by Crippen LogP contribution is 2.28. The quantitative estimate of drug-likeness (QED) is 0.469. The maximum Gasteiger partial charge on any atom is 0.287 e. The van der Waals surface area contributed by atoms with Crippen LogP contribution in [0.15, 0.2) is 36.4 Å². The van der Waals surface area contributed by atoms with Crippen molar-refractivity contribution in [3.05, 3.63) is 60.7 Å². The molecule has 2 aromatic carbocycles. The molecule has 0 aliphatic heterocycles. The first-order valence-corrected chi connectivity index (χ1v) is 6.87. The highest BCUT2D eigenvalue weighted by atomic mass is 127. The summed E-state index contributed by atoms with van der Waals surface area (Å²) >= 11 is 8.00. The van der Waals surface area contributed by atoms with Gasteiger partial charge in [-0.25, -0.2) is 0 Å². The second-order valence-corrected chi connectivity index (χ2v) is 5.45. The molecule has 7 heteroatoms. The van der Waals surface area contributed by atoms with Crippen LogP contribution in [-0.2, 0) is 0 Å². The van der Waals surface area contributed by atoms with E-state index in [9.17, 15) is 10.1 Å². The number of nitro benzene ring substituents is 1.